The molecule has 3 nitrogen and oxygen atoms in total. The molecule has 0 amide bonds. The van der Waals surface area contributed by atoms with Gasteiger partial charge in [-0.15, -0.1) is 11.3 Å². The number of nitrogens with zero attached hydrogens (tertiary/aromatic N) is 1. The van der Waals surface area contributed by atoms with Crippen molar-refractivity contribution in [2.24, 2.45) is 0 Å². The van der Waals surface area contributed by atoms with Gasteiger partial charge in [0.15, 0.2) is 0 Å². The van der Waals surface area contributed by atoms with E-state index < -0.39 is 0 Å². The molecule has 0 aliphatic carbocycles. The molecule has 0 aliphatic rings. The van der Waals surface area contributed by atoms with Gasteiger partial charge in [-0.25, -0.2) is 4.98 Å². The highest BCUT2D eigenvalue weighted by Crippen LogP contribution is 2.34. The van der Waals surface area contributed by atoms with Crippen LogP contribution in [-0.2, 0) is 0 Å². The highest BCUT2D eigenvalue weighted by Gasteiger charge is 2.13. The summed E-state index contributed by atoms with van der Waals surface area (Å²) in [6.07, 6.45) is 0. The molecule has 2 rings (SSSR count). The molecule has 0 bridgehead atoms. The van der Waals surface area contributed by atoms with Gasteiger partial charge >= 0.3 is 0 Å². The van der Waals surface area contributed by atoms with Crippen LogP contribution in [0.4, 0.5) is 0 Å². The summed E-state index contributed by atoms with van der Waals surface area (Å²) in [4.78, 5) is 4.65. The summed E-state index contributed by atoms with van der Waals surface area (Å²) in [5, 5.41) is 6.97. The zero-order chi connectivity index (χ0) is 13.8. The number of thiazole rings is 1. The van der Waals surface area contributed by atoms with Crippen LogP contribution in [0.5, 0.6) is 5.75 Å². The summed E-state index contributed by atoms with van der Waals surface area (Å²) >= 11 is 7.71. The van der Waals surface area contributed by atoms with E-state index in [2.05, 4.69) is 17.2 Å². The number of benzene rings is 1. The standard InChI is InChI=1S/C14H17ClN2OS/c1-4-18-13-6-5-10(15)7-11(13)12-8-19-14(17-12)9(2)16-3/h5-9,16H,4H2,1-3H3. The molecule has 1 N–H and O–H groups in total. The Labute approximate surface area is 122 Å². The summed E-state index contributed by atoms with van der Waals surface area (Å²) in [5.41, 5.74) is 1.85. The van der Waals surface area contributed by atoms with E-state index in [-0.39, 0.29) is 6.04 Å². The van der Waals surface area contributed by atoms with Gasteiger partial charge in [0.25, 0.3) is 0 Å². The maximum Gasteiger partial charge on any atom is 0.128 e. The summed E-state index contributed by atoms with van der Waals surface area (Å²) < 4.78 is 5.63. The zero-order valence-electron chi connectivity index (χ0n) is 11.2. The minimum Gasteiger partial charge on any atom is -0.493 e. The minimum atomic E-state index is 0.244. The predicted molar refractivity (Wildman–Crippen MR) is 81.2 cm³/mol. The van der Waals surface area contributed by atoms with E-state index in [0.29, 0.717) is 11.6 Å². The van der Waals surface area contributed by atoms with Gasteiger partial charge in [-0.1, -0.05) is 11.6 Å². The maximum absolute atomic E-state index is 6.07. The van der Waals surface area contributed by atoms with Crippen molar-refractivity contribution in [3.05, 3.63) is 33.6 Å². The fraction of sp³-hybridized carbons (Fsp3) is 0.357. The molecule has 2 aromatic rings. The lowest BCUT2D eigenvalue weighted by atomic mass is 10.1. The van der Waals surface area contributed by atoms with Gasteiger partial charge < -0.3 is 10.1 Å². The van der Waals surface area contributed by atoms with E-state index in [4.69, 9.17) is 16.3 Å². The van der Waals surface area contributed by atoms with E-state index in [0.717, 1.165) is 22.0 Å². The number of hydrogen-bond donors (Lipinski definition) is 1. The van der Waals surface area contributed by atoms with Gasteiger partial charge in [0.05, 0.1) is 18.3 Å². The highest BCUT2D eigenvalue weighted by atomic mass is 35.5. The van der Waals surface area contributed by atoms with Crippen molar-refractivity contribution in [3.63, 3.8) is 0 Å². The summed E-state index contributed by atoms with van der Waals surface area (Å²) in [7, 11) is 1.93. The molecule has 1 aromatic heterocycles. The van der Waals surface area contributed by atoms with Crippen molar-refractivity contribution in [2.75, 3.05) is 13.7 Å². The average Bonchev–Trinajstić information content (AvgIpc) is 2.89. The van der Waals surface area contributed by atoms with Gasteiger partial charge in [-0.3, -0.25) is 0 Å². The fourth-order valence-electron chi connectivity index (χ4n) is 1.72. The van der Waals surface area contributed by atoms with Crippen molar-refractivity contribution >= 4 is 22.9 Å². The second-order valence-corrected chi connectivity index (χ2v) is 5.48. The molecule has 1 heterocycles. The monoisotopic (exact) mass is 296 g/mol. The highest BCUT2D eigenvalue weighted by molar-refractivity contribution is 7.10. The molecule has 0 fully saturated rings. The van der Waals surface area contributed by atoms with Gasteiger partial charge in [0, 0.05) is 16.0 Å². The molecule has 1 unspecified atom stereocenters. The van der Waals surface area contributed by atoms with Crippen LogP contribution in [0.15, 0.2) is 23.6 Å². The Kier molecular flexibility index (Phi) is 4.80. The van der Waals surface area contributed by atoms with Crippen molar-refractivity contribution in [2.45, 2.75) is 19.9 Å². The first-order chi connectivity index (χ1) is 9.15. The first kappa shape index (κ1) is 14.3. The summed E-state index contributed by atoms with van der Waals surface area (Å²) in [5.74, 6) is 0.820. The Morgan fingerprint density at radius 1 is 1.47 bits per heavy atom. The zero-order valence-corrected chi connectivity index (χ0v) is 12.8. The summed E-state index contributed by atoms with van der Waals surface area (Å²) in [6, 6.07) is 5.87. The van der Waals surface area contributed by atoms with Crippen LogP contribution in [0, 0.1) is 0 Å². The Morgan fingerprint density at radius 2 is 2.26 bits per heavy atom. The van der Waals surface area contributed by atoms with Crippen LogP contribution in [-0.4, -0.2) is 18.6 Å². The molecular weight excluding hydrogens is 280 g/mol. The first-order valence-corrected chi connectivity index (χ1v) is 7.46. The second-order valence-electron chi connectivity index (χ2n) is 4.15. The van der Waals surface area contributed by atoms with E-state index in [1.807, 2.05) is 37.6 Å². The number of hydrogen-bond acceptors (Lipinski definition) is 4. The van der Waals surface area contributed by atoms with Crippen LogP contribution in [0.3, 0.4) is 0 Å². The van der Waals surface area contributed by atoms with Gasteiger partial charge in [0.1, 0.15) is 10.8 Å². The van der Waals surface area contributed by atoms with Crippen LogP contribution < -0.4 is 10.1 Å². The lowest BCUT2D eigenvalue weighted by Crippen LogP contribution is -2.11. The predicted octanol–water partition coefficient (Wildman–Crippen LogP) is 4.14. The van der Waals surface area contributed by atoms with Crippen molar-refractivity contribution < 1.29 is 4.74 Å². The Bertz CT molecular complexity index is 556. The fourth-order valence-corrected chi connectivity index (χ4v) is 2.77. The van der Waals surface area contributed by atoms with Gasteiger partial charge in [0.2, 0.25) is 0 Å². The van der Waals surface area contributed by atoms with E-state index in [1.54, 1.807) is 11.3 Å². The molecule has 5 heteroatoms. The number of ether oxygens (including phenoxy) is 1. The molecule has 0 saturated carbocycles. The van der Waals surface area contributed by atoms with Crippen molar-refractivity contribution in [3.8, 4) is 17.0 Å². The van der Waals surface area contributed by atoms with E-state index in [9.17, 15) is 0 Å². The second kappa shape index (κ2) is 6.37. The van der Waals surface area contributed by atoms with Gasteiger partial charge in [-0.05, 0) is 39.1 Å². The van der Waals surface area contributed by atoms with Crippen LogP contribution in [0.25, 0.3) is 11.3 Å². The number of halogens is 1. The minimum absolute atomic E-state index is 0.244. The molecule has 19 heavy (non-hydrogen) atoms. The SMILES string of the molecule is CCOc1ccc(Cl)cc1-c1csc(C(C)NC)n1. The molecule has 0 radical (unpaired) electrons. The Hall–Kier alpha value is -1.10. The first-order valence-electron chi connectivity index (χ1n) is 6.21. The third-order valence-electron chi connectivity index (χ3n) is 2.84. The van der Waals surface area contributed by atoms with Crippen molar-refractivity contribution in [1.82, 2.24) is 10.3 Å². The lowest BCUT2D eigenvalue weighted by molar-refractivity contribution is 0.341. The number of aromatic nitrogens is 1. The topological polar surface area (TPSA) is 34.1 Å². The molecule has 1 atom stereocenters. The molecule has 0 aliphatic heterocycles. The number of nitrogens with one attached hydrogen (secondary N) is 1. The third-order valence-corrected chi connectivity index (χ3v) is 4.11. The van der Waals surface area contributed by atoms with E-state index in [1.165, 1.54) is 0 Å². The maximum atomic E-state index is 6.07. The quantitative estimate of drug-likeness (QED) is 0.900. The normalized spacial score (nSPS) is 12.4. The van der Waals surface area contributed by atoms with Crippen molar-refractivity contribution in [1.29, 1.82) is 0 Å². The van der Waals surface area contributed by atoms with Crippen LogP contribution >= 0.6 is 22.9 Å². The molecular formula is C14H17ClN2OS. The lowest BCUT2D eigenvalue weighted by Gasteiger charge is -2.09. The molecule has 102 valence electrons. The largest absolute Gasteiger partial charge is 0.493 e. The number of rotatable bonds is 5. The Morgan fingerprint density at radius 3 is 2.95 bits per heavy atom. The molecule has 0 saturated heterocycles. The van der Waals surface area contributed by atoms with Crippen LogP contribution in [0.2, 0.25) is 5.02 Å². The molecule has 1 aromatic carbocycles. The average molecular weight is 297 g/mol. The van der Waals surface area contributed by atoms with E-state index >= 15 is 0 Å². The molecule has 0 spiro atoms. The van der Waals surface area contributed by atoms with Gasteiger partial charge in [-0.2, -0.15) is 0 Å². The summed E-state index contributed by atoms with van der Waals surface area (Å²) in [6.45, 7) is 4.68. The smallest absolute Gasteiger partial charge is 0.128 e. The van der Waals surface area contributed by atoms with Crippen LogP contribution in [0.1, 0.15) is 24.9 Å². The third kappa shape index (κ3) is 3.26. The Balaban J connectivity index is 2.40.